The Morgan fingerprint density at radius 1 is 1.00 bits per heavy atom. The number of benzene rings is 2. The molecule has 2 amide bonds. The first kappa shape index (κ1) is 21.6. The molecule has 1 atom stereocenters. The second-order valence-corrected chi connectivity index (χ2v) is 7.03. The van der Waals surface area contributed by atoms with Crippen LogP contribution < -0.4 is 29.2 Å². The van der Waals surface area contributed by atoms with E-state index in [0.29, 0.717) is 39.4 Å². The van der Waals surface area contributed by atoms with Gasteiger partial charge in [-0.25, -0.2) is 0 Å². The maximum atomic E-state index is 12.9. The molecular formula is C21H23ClN2O6. The number of amides is 2. The number of nitrogens with one attached hydrogen (secondary N) is 1. The Morgan fingerprint density at radius 2 is 1.70 bits per heavy atom. The molecule has 30 heavy (non-hydrogen) atoms. The molecule has 1 fully saturated rings. The van der Waals surface area contributed by atoms with E-state index < -0.39 is 5.92 Å². The van der Waals surface area contributed by atoms with Crippen molar-refractivity contribution >= 4 is 34.8 Å². The van der Waals surface area contributed by atoms with Crippen molar-refractivity contribution in [2.45, 2.75) is 6.42 Å². The van der Waals surface area contributed by atoms with E-state index in [1.165, 1.54) is 21.3 Å². The van der Waals surface area contributed by atoms with Crippen molar-refractivity contribution in [1.82, 2.24) is 0 Å². The largest absolute Gasteiger partial charge is 0.497 e. The summed E-state index contributed by atoms with van der Waals surface area (Å²) in [6, 6.07) is 8.32. The molecule has 8 nitrogen and oxygen atoms in total. The monoisotopic (exact) mass is 434 g/mol. The summed E-state index contributed by atoms with van der Waals surface area (Å²) in [6.07, 6.45) is 0.0774. The molecule has 0 saturated carbocycles. The van der Waals surface area contributed by atoms with Crippen LogP contribution in [-0.4, -0.2) is 46.8 Å². The highest BCUT2D eigenvalue weighted by molar-refractivity contribution is 6.32. The number of hydrogen-bond acceptors (Lipinski definition) is 6. The Balaban J connectivity index is 1.79. The average molecular weight is 435 g/mol. The second-order valence-electron chi connectivity index (χ2n) is 6.62. The average Bonchev–Trinajstić information content (AvgIpc) is 3.15. The van der Waals surface area contributed by atoms with E-state index in [4.69, 9.17) is 30.5 Å². The molecule has 1 heterocycles. The molecule has 2 aromatic rings. The van der Waals surface area contributed by atoms with Crippen molar-refractivity contribution in [2.75, 3.05) is 45.2 Å². The van der Waals surface area contributed by atoms with Crippen molar-refractivity contribution in [3.05, 3.63) is 35.4 Å². The highest BCUT2D eigenvalue weighted by atomic mass is 35.5. The van der Waals surface area contributed by atoms with E-state index in [2.05, 4.69) is 5.32 Å². The van der Waals surface area contributed by atoms with E-state index in [1.54, 1.807) is 42.3 Å². The van der Waals surface area contributed by atoms with Gasteiger partial charge in [-0.1, -0.05) is 11.6 Å². The molecule has 0 aliphatic carbocycles. The van der Waals surface area contributed by atoms with Gasteiger partial charge in [-0.15, -0.1) is 0 Å². The lowest BCUT2D eigenvalue weighted by molar-refractivity contribution is -0.122. The normalized spacial score (nSPS) is 15.7. The molecule has 0 radical (unpaired) electrons. The minimum absolute atomic E-state index is 0.0774. The molecule has 0 bridgehead atoms. The SMILES string of the molecule is COc1ccc(N2C[C@H](C(=O)Nc3cc(OC)c(Cl)cc3OC)CC2=O)c(OC)c1. The number of rotatable bonds is 7. The van der Waals surface area contributed by atoms with E-state index >= 15 is 0 Å². The third-order valence-electron chi connectivity index (χ3n) is 4.91. The Kier molecular flexibility index (Phi) is 6.56. The molecular weight excluding hydrogens is 412 g/mol. The van der Waals surface area contributed by atoms with Crippen LogP contribution in [0, 0.1) is 5.92 Å². The Morgan fingerprint density at radius 3 is 2.33 bits per heavy atom. The molecule has 0 unspecified atom stereocenters. The number of nitrogens with zero attached hydrogens (tertiary/aromatic N) is 1. The van der Waals surface area contributed by atoms with Crippen LogP contribution in [0.2, 0.25) is 5.02 Å². The standard InChI is InChI=1S/C21H23ClN2O6/c1-27-13-5-6-16(19(8-13)30-4)24-11-12(7-20(24)25)21(26)23-15-10-17(28-2)14(22)9-18(15)29-3/h5-6,8-10,12H,7,11H2,1-4H3,(H,23,26)/t12-/m1/s1. The summed E-state index contributed by atoms with van der Waals surface area (Å²) in [4.78, 5) is 27.0. The van der Waals surface area contributed by atoms with E-state index in [9.17, 15) is 9.59 Å². The minimum atomic E-state index is -0.546. The van der Waals surface area contributed by atoms with Gasteiger partial charge in [0.25, 0.3) is 0 Å². The van der Waals surface area contributed by atoms with Gasteiger partial charge in [0.15, 0.2) is 0 Å². The van der Waals surface area contributed by atoms with Crippen LogP contribution in [0.4, 0.5) is 11.4 Å². The molecule has 3 rings (SSSR count). The zero-order valence-corrected chi connectivity index (χ0v) is 17.9. The first-order valence-electron chi connectivity index (χ1n) is 9.16. The quantitative estimate of drug-likeness (QED) is 0.719. The first-order chi connectivity index (χ1) is 14.4. The summed E-state index contributed by atoms with van der Waals surface area (Å²) >= 11 is 6.11. The Bertz CT molecular complexity index is 965. The molecule has 1 aliphatic rings. The third-order valence-corrected chi connectivity index (χ3v) is 5.20. The molecule has 2 aromatic carbocycles. The highest BCUT2D eigenvalue weighted by Gasteiger charge is 2.36. The van der Waals surface area contributed by atoms with E-state index in [0.717, 1.165) is 0 Å². The Labute approximate surface area is 179 Å². The maximum absolute atomic E-state index is 12.9. The van der Waals surface area contributed by atoms with Crippen LogP contribution in [0.5, 0.6) is 23.0 Å². The van der Waals surface area contributed by atoms with Crippen LogP contribution in [0.15, 0.2) is 30.3 Å². The van der Waals surface area contributed by atoms with Crippen LogP contribution in [-0.2, 0) is 9.59 Å². The predicted octanol–water partition coefficient (Wildman–Crippen LogP) is 3.37. The maximum Gasteiger partial charge on any atom is 0.229 e. The number of ether oxygens (including phenoxy) is 4. The van der Waals surface area contributed by atoms with E-state index in [-0.39, 0.29) is 24.8 Å². The van der Waals surface area contributed by atoms with E-state index in [1.807, 2.05) is 0 Å². The fraction of sp³-hybridized carbons (Fsp3) is 0.333. The minimum Gasteiger partial charge on any atom is -0.497 e. The van der Waals surface area contributed by atoms with Gasteiger partial charge in [-0.05, 0) is 12.1 Å². The zero-order chi connectivity index (χ0) is 21.8. The summed E-state index contributed by atoms with van der Waals surface area (Å²) < 4.78 is 21.1. The fourth-order valence-corrected chi connectivity index (χ4v) is 3.55. The summed E-state index contributed by atoms with van der Waals surface area (Å²) in [7, 11) is 6.03. The van der Waals surface area contributed by atoms with Crippen LogP contribution in [0.25, 0.3) is 0 Å². The number of carbonyl (C=O) groups is 2. The van der Waals surface area contributed by atoms with Crippen LogP contribution >= 0.6 is 11.6 Å². The molecule has 0 spiro atoms. The predicted molar refractivity (Wildman–Crippen MR) is 113 cm³/mol. The lowest BCUT2D eigenvalue weighted by Gasteiger charge is -2.20. The molecule has 0 aromatic heterocycles. The van der Waals surface area contributed by atoms with Crippen molar-refractivity contribution in [3.63, 3.8) is 0 Å². The highest BCUT2D eigenvalue weighted by Crippen LogP contribution is 2.38. The molecule has 1 saturated heterocycles. The molecule has 1 N–H and O–H groups in total. The number of hydrogen-bond donors (Lipinski definition) is 1. The van der Waals surface area contributed by atoms with Crippen LogP contribution in [0.3, 0.4) is 0 Å². The lowest BCUT2D eigenvalue weighted by Crippen LogP contribution is -2.28. The van der Waals surface area contributed by atoms with Crippen LogP contribution in [0.1, 0.15) is 6.42 Å². The van der Waals surface area contributed by atoms with Gasteiger partial charge in [-0.2, -0.15) is 0 Å². The molecule has 1 aliphatic heterocycles. The lowest BCUT2D eigenvalue weighted by atomic mass is 10.1. The topological polar surface area (TPSA) is 86.3 Å². The Hall–Kier alpha value is -3.13. The second kappa shape index (κ2) is 9.13. The number of anilines is 2. The van der Waals surface area contributed by atoms with Gasteiger partial charge >= 0.3 is 0 Å². The summed E-state index contributed by atoms with van der Waals surface area (Å²) in [5.41, 5.74) is 1.00. The smallest absolute Gasteiger partial charge is 0.229 e. The number of halogens is 1. The molecule has 9 heteroatoms. The third kappa shape index (κ3) is 4.23. The first-order valence-corrected chi connectivity index (χ1v) is 9.54. The number of carbonyl (C=O) groups excluding carboxylic acids is 2. The van der Waals surface area contributed by atoms with Crippen molar-refractivity contribution in [1.29, 1.82) is 0 Å². The van der Waals surface area contributed by atoms with Gasteiger partial charge in [0.2, 0.25) is 11.8 Å². The molecule has 160 valence electrons. The van der Waals surface area contributed by atoms with Crippen molar-refractivity contribution in [2.24, 2.45) is 5.92 Å². The fourth-order valence-electron chi connectivity index (χ4n) is 3.32. The summed E-state index contributed by atoms with van der Waals surface area (Å²) in [6.45, 7) is 0.223. The van der Waals surface area contributed by atoms with Crippen molar-refractivity contribution < 1.29 is 28.5 Å². The van der Waals surface area contributed by atoms with Gasteiger partial charge in [-0.3, -0.25) is 9.59 Å². The van der Waals surface area contributed by atoms with Crippen molar-refractivity contribution in [3.8, 4) is 23.0 Å². The van der Waals surface area contributed by atoms with Gasteiger partial charge in [0, 0.05) is 31.2 Å². The summed E-state index contributed by atoms with van der Waals surface area (Å²) in [5, 5.41) is 3.17. The van der Waals surface area contributed by atoms with Gasteiger partial charge in [0.1, 0.15) is 23.0 Å². The summed E-state index contributed by atoms with van der Waals surface area (Å²) in [5.74, 6) is 0.885. The van der Waals surface area contributed by atoms with Gasteiger partial charge < -0.3 is 29.2 Å². The zero-order valence-electron chi connectivity index (χ0n) is 17.2. The number of methoxy groups -OCH3 is 4. The van der Waals surface area contributed by atoms with Gasteiger partial charge in [0.05, 0.1) is 50.8 Å².